The molecule has 0 spiro atoms. The number of aromatic hydroxyl groups is 1. The van der Waals surface area contributed by atoms with Crippen LogP contribution in [0.2, 0.25) is 5.02 Å². The highest BCUT2D eigenvalue weighted by Crippen LogP contribution is 2.36. The van der Waals surface area contributed by atoms with E-state index in [1.54, 1.807) is 18.2 Å². The van der Waals surface area contributed by atoms with Crippen LogP contribution in [0, 0.1) is 6.92 Å². The van der Waals surface area contributed by atoms with Crippen LogP contribution in [0.15, 0.2) is 46.3 Å². The third-order valence-electron chi connectivity index (χ3n) is 3.48. The average Bonchev–Trinajstić information content (AvgIpc) is 2.92. The molecule has 0 atom stereocenters. The summed E-state index contributed by atoms with van der Waals surface area (Å²) in [6, 6.07) is 10.9. The van der Waals surface area contributed by atoms with E-state index in [0.717, 1.165) is 11.3 Å². The molecule has 1 amide bonds. The summed E-state index contributed by atoms with van der Waals surface area (Å²) in [6.07, 6.45) is 1.67. The summed E-state index contributed by atoms with van der Waals surface area (Å²) in [5.41, 5.74) is 2.56. The van der Waals surface area contributed by atoms with Gasteiger partial charge in [0.05, 0.1) is 22.7 Å². The monoisotopic (exact) mass is 374 g/mol. The van der Waals surface area contributed by atoms with Crippen LogP contribution in [-0.4, -0.2) is 23.3 Å². The fraction of sp³-hybridized carbons (Fsp3) is 0.111. The molecule has 0 bridgehead atoms. The van der Waals surface area contributed by atoms with Gasteiger partial charge in [-0.05, 0) is 54.6 Å². The molecule has 2 aromatic rings. The highest BCUT2D eigenvalue weighted by Gasteiger charge is 2.24. The number of thioether (sulfide) groups is 1. The summed E-state index contributed by atoms with van der Waals surface area (Å²) in [4.78, 5) is 17.0. The smallest absolute Gasteiger partial charge is 0.264 e. The van der Waals surface area contributed by atoms with Crippen molar-refractivity contribution in [3.05, 3.63) is 57.5 Å². The van der Waals surface area contributed by atoms with Crippen molar-refractivity contribution in [3.8, 4) is 11.5 Å². The number of phenolic OH excluding ortho intramolecular Hbond substituents is 1. The van der Waals surface area contributed by atoms with Crippen molar-refractivity contribution in [3.63, 3.8) is 0 Å². The van der Waals surface area contributed by atoms with Gasteiger partial charge >= 0.3 is 0 Å². The minimum atomic E-state index is -0.237. The number of aryl methyl sites for hydroxylation is 1. The van der Waals surface area contributed by atoms with Crippen LogP contribution in [0.1, 0.15) is 11.1 Å². The molecule has 128 valence electrons. The Kier molecular flexibility index (Phi) is 5.01. The third kappa shape index (κ3) is 3.97. The van der Waals surface area contributed by atoms with Crippen molar-refractivity contribution in [2.24, 2.45) is 4.99 Å². The normalized spacial score (nSPS) is 17.2. The van der Waals surface area contributed by atoms with Gasteiger partial charge in [-0.2, -0.15) is 0 Å². The van der Waals surface area contributed by atoms with Crippen molar-refractivity contribution < 1.29 is 14.6 Å². The van der Waals surface area contributed by atoms with E-state index in [-0.39, 0.29) is 22.4 Å². The van der Waals surface area contributed by atoms with Crippen LogP contribution < -0.4 is 10.1 Å². The summed E-state index contributed by atoms with van der Waals surface area (Å²) in [6.45, 7) is 2.00. The second-order valence-electron chi connectivity index (χ2n) is 5.37. The Morgan fingerprint density at radius 2 is 2.00 bits per heavy atom. The molecule has 1 heterocycles. The van der Waals surface area contributed by atoms with Crippen molar-refractivity contribution >= 4 is 46.2 Å². The topological polar surface area (TPSA) is 70.9 Å². The van der Waals surface area contributed by atoms with E-state index >= 15 is 0 Å². The van der Waals surface area contributed by atoms with Crippen LogP contribution in [0.3, 0.4) is 0 Å². The fourth-order valence-electron chi connectivity index (χ4n) is 2.20. The lowest BCUT2D eigenvalue weighted by Gasteiger charge is -2.06. The highest BCUT2D eigenvalue weighted by molar-refractivity contribution is 8.18. The number of rotatable bonds is 3. The summed E-state index contributed by atoms with van der Waals surface area (Å²) in [7, 11) is 1.44. The maximum atomic E-state index is 12.1. The molecular weight excluding hydrogens is 360 g/mol. The van der Waals surface area contributed by atoms with Gasteiger partial charge in [-0.3, -0.25) is 4.79 Å². The zero-order valence-corrected chi connectivity index (χ0v) is 15.1. The number of methoxy groups -OCH3 is 1. The first-order valence-corrected chi connectivity index (χ1v) is 8.58. The molecule has 3 rings (SSSR count). The largest absolute Gasteiger partial charge is 0.503 e. The fourth-order valence-corrected chi connectivity index (χ4v) is 3.26. The Morgan fingerprint density at radius 3 is 2.68 bits per heavy atom. The van der Waals surface area contributed by atoms with E-state index in [1.807, 2.05) is 31.2 Å². The number of halogens is 1. The second-order valence-corrected chi connectivity index (χ2v) is 6.81. The molecule has 5 nitrogen and oxygen atoms in total. The Hall–Kier alpha value is -2.44. The van der Waals surface area contributed by atoms with E-state index in [2.05, 4.69) is 10.3 Å². The average molecular weight is 375 g/mol. The van der Waals surface area contributed by atoms with Crippen LogP contribution in [0.5, 0.6) is 11.5 Å². The molecule has 0 unspecified atom stereocenters. The van der Waals surface area contributed by atoms with E-state index in [9.17, 15) is 9.90 Å². The summed E-state index contributed by atoms with van der Waals surface area (Å²) in [5.74, 6) is -0.119. The molecule has 2 aromatic carbocycles. The molecule has 0 aliphatic carbocycles. The molecule has 7 heteroatoms. The van der Waals surface area contributed by atoms with Crippen LogP contribution in [0.4, 0.5) is 5.69 Å². The molecule has 0 aromatic heterocycles. The van der Waals surface area contributed by atoms with Gasteiger partial charge in [-0.15, -0.1) is 0 Å². The van der Waals surface area contributed by atoms with Crippen LogP contribution >= 0.6 is 23.4 Å². The minimum Gasteiger partial charge on any atom is -0.503 e. The van der Waals surface area contributed by atoms with Gasteiger partial charge in [0.1, 0.15) is 0 Å². The van der Waals surface area contributed by atoms with E-state index in [4.69, 9.17) is 16.3 Å². The first-order chi connectivity index (χ1) is 12.0. The number of aliphatic imine (C=N–C) groups is 1. The number of nitrogens with one attached hydrogen (secondary N) is 1. The Labute approximate surface area is 154 Å². The van der Waals surface area contributed by atoms with Gasteiger partial charge in [0, 0.05) is 0 Å². The first-order valence-electron chi connectivity index (χ1n) is 7.39. The van der Waals surface area contributed by atoms with E-state index in [0.29, 0.717) is 15.6 Å². The lowest BCUT2D eigenvalue weighted by atomic mass is 10.2. The number of amides is 1. The zero-order chi connectivity index (χ0) is 18.0. The number of benzene rings is 2. The van der Waals surface area contributed by atoms with Gasteiger partial charge in [0.15, 0.2) is 16.7 Å². The summed E-state index contributed by atoms with van der Waals surface area (Å²) in [5, 5.41) is 13.2. The molecule has 2 N–H and O–H groups in total. The molecular formula is C18H15ClN2O3S. The molecule has 1 saturated heterocycles. The molecule has 1 aliphatic heterocycles. The standard InChI is InChI=1S/C18H15ClN2O3S/c1-10-3-5-12(6-4-10)20-18-21-17(23)15(25-18)9-11-7-13(19)16(22)14(8-11)24-2/h3-9,22H,1-2H3,(H,20,21,23). The summed E-state index contributed by atoms with van der Waals surface area (Å²) >= 11 is 7.22. The molecule has 0 radical (unpaired) electrons. The number of hydrogen-bond acceptors (Lipinski definition) is 5. The Bertz CT molecular complexity index is 892. The molecule has 1 aliphatic rings. The Balaban J connectivity index is 1.86. The lowest BCUT2D eigenvalue weighted by molar-refractivity contribution is -0.115. The second kappa shape index (κ2) is 7.21. The quantitative estimate of drug-likeness (QED) is 0.788. The maximum absolute atomic E-state index is 12.1. The minimum absolute atomic E-state index is 0.128. The highest BCUT2D eigenvalue weighted by atomic mass is 35.5. The maximum Gasteiger partial charge on any atom is 0.264 e. The number of nitrogens with zero attached hydrogens (tertiary/aromatic N) is 1. The van der Waals surface area contributed by atoms with Crippen molar-refractivity contribution in [2.75, 3.05) is 7.11 Å². The predicted molar refractivity (Wildman–Crippen MR) is 102 cm³/mol. The van der Waals surface area contributed by atoms with Crippen molar-refractivity contribution in [2.45, 2.75) is 6.92 Å². The number of ether oxygens (including phenoxy) is 1. The van der Waals surface area contributed by atoms with Crippen LogP contribution in [0.25, 0.3) is 6.08 Å². The summed E-state index contributed by atoms with van der Waals surface area (Å²) < 4.78 is 5.07. The van der Waals surface area contributed by atoms with Gasteiger partial charge in [0.25, 0.3) is 5.91 Å². The molecule has 0 saturated carbocycles. The lowest BCUT2D eigenvalue weighted by Crippen LogP contribution is -2.19. The number of phenols is 1. The van der Waals surface area contributed by atoms with Gasteiger partial charge in [-0.1, -0.05) is 29.3 Å². The van der Waals surface area contributed by atoms with Gasteiger partial charge in [0.2, 0.25) is 0 Å². The number of carbonyl (C=O) groups is 1. The molecule has 1 fully saturated rings. The third-order valence-corrected chi connectivity index (χ3v) is 4.68. The van der Waals surface area contributed by atoms with Gasteiger partial charge in [-0.25, -0.2) is 4.99 Å². The molecule has 25 heavy (non-hydrogen) atoms. The Morgan fingerprint density at radius 1 is 1.28 bits per heavy atom. The van der Waals surface area contributed by atoms with E-state index < -0.39 is 0 Å². The number of hydrogen-bond donors (Lipinski definition) is 2. The first kappa shape index (κ1) is 17.4. The number of carbonyl (C=O) groups excluding carboxylic acids is 1. The van der Waals surface area contributed by atoms with Crippen molar-refractivity contribution in [1.29, 1.82) is 0 Å². The van der Waals surface area contributed by atoms with Crippen molar-refractivity contribution in [1.82, 2.24) is 5.32 Å². The predicted octanol–water partition coefficient (Wildman–Crippen LogP) is 4.25. The van der Waals surface area contributed by atoms with E-state index in [1.165, 1.54) is 18.9 Å². The zero-order valence-electron chi connectivity index (χ0n) is 13.5. The number of amidine groups is 1. The SMILES string of the molecule is COc1cc(C=C2SC(=Nc3ccc(C)cc3)NC2=O)cc(Cl)c1O. The van der Waals surface area contributed by atoms with Gasteiger partial charge < -0.3 is 15.2 Å². The van der Waals surface area contributed by atoms with Crippen LogP contribution in [-0.2, 0) is 4.79 Å².